The zero-order chi connectivity index (χ0) is 14.6. The Labute approximate surface area is 131 Å². The third-order valence-electron chi connectivity index (χ3n) is 3.28. The molecule has 1 fully saturated rings. The van der Waals surface area contributed by atoms with Gasteiger partial charge in [0.2, 0.25) is 0 Å². The molecule has 0 unspecified atom stereocenters. The van der Waals surface area contributed by atoms with E-state index in [0.29, 0.717) is 11.1 Å². The molecule has 0 aromatic heterocycles. The Morgan fingerprint density at radius 3 is 2.52 bits per heavy atom. The van der Waals surface area contributed by atoms with E-state index in [0.717, 1.165) is 25.9 Å². The van der Waals surface area contributed by atoms with Gasteiger partial charge >= 0.3 is 0 Å². The lowest BCUT2D eigenvalue weighted by Gasteiger charge is -2.23. The molecule has 1 aromatic rings. The molecular formula is C14H21ClN2O3S. The SMILES string of the molecule is CS(=O)(=O)Cc1ccc(C(=O)N[C@H]2CCCNC2)cc1.Cl. The number of halogens is 1. The van der Waals surface area contributed by atoms with E-state index in [1.807, 2.05) is 0 Å². The lowest BCUT2D eigenvalue weighted by atomic mass is 10.1. The average Bonchev–Trinajstić information content (AvgIpc) is 2.39. The molecule has 5 nitrogen and oxygen atoms in total. The highest BCUT2D eigenvalue weighted by Gasteiger charge is 2.16. The maximum Gasteiger partial charge on any atom is 0.251 e. The molecule has 0 spiro atoms. The van der Waals surface area contributed by atoms with Crippen molar-refractivity contribution in [3.63, 3.8) is 0 Å². The van der Waals surface area contributed by atoms with Gasteiger partial charge in [-0.2, -0.15) is 0 Å². The molecule has 1 atom stereocenters. The summed E-state index contributed by atoms with van der Waals surface area (Å²) in [4.78, 5) is 12.1. The largest absolute Gasteiger partial charge is 0.348 e. The number of sulfone groups is 1. The third-order valence-corrected chi connectivity index (χ3v) is 4.13. The van der Waals surface area contributed by atoms with E-state index in [1.54, 1.807) is 24.3 Å². The van der Waals surface area contributed by atoms with Crippen molar-refractivity contribution in [3.8, 4) is 0 Å². The van der Waals surface area contributed by atoms with Crippen LogP contribution in [0, 0.1) is 0 Å². The number of piperidine rings is 1. The molecule has 1 aliphatic heterocycles. The Kier molecular flexibility index (Phi) is 6.64. The fraction of sp³-hybridized carbons (Fsp3) is 0.500. The molecule has 7 heteroatoms. The van der Waals surface area contributed by atoms with Crippen LogP contribution >= 0.6 is 12.4 Å². The van der Waals surface area contributed by atoms with Gasteiger partial charge < -0.3 is 10.6 Å². The van der Waals surface area contributed by atoms with Crippen molar-refractivity contribution < 1.29 is 13.2 Å². The van der Waals surface area contributed by atoms with Crippen LogP contribution in [0.5, 0.6) is 0 Å². The highest BCUT2D eigenvalue weighted by molar-refractivity contribution is 7.89. The fourth-order valence-electron chi connectivity index (χ4n) is 2.30. The van der Waals surface area contributed by atoms with Crippen LogP contribution in [-0.4, -0.2) is 39.7 Å². The van der Waals surface area contributed by atoms with Crippen LogP contribution in [0.15, 0.2) is 24.3 Å². The van der Waals surface area contributed by atoms with Crippen LogP contribution in [0.4, 0.5) is 0 Å². The van der Waals surface area contributed by atoms with E-state index in [9.17, 15) is 13.2 Å². The van der Waals surface area contributed by atoms with Crippen molar-refractivity contribution in [2.24, 2.45) is 0 Å². The topological polar surface area (TPSA) is 75.3 Å². The van der Waals surface area contributed by atoms with Crippen LogP contribution in [0.25, 0.3) is 0 Å². The lowest BCUT2D eigenvalue weighted by molar-refractivity contribution is 0.0930. The molecule has 1 aromatic carbocycles. The van der Waals surface area contributed by atoms with Gasteiger partial charge in [0.05, 0.1) is 5.75 Å². The van der Waals surface area contributed by atoms with Gasteiger partial charge in [0.1, 0.15) is 0 Å². The molecule has 0 radical (unpaired) electrons. The smallest absolute Gasteiger partial charge is 0.251 e. The van der Waals surface area contributed by atoms with Gasteiger partial charge in [0, 0.05) is 24.4 Å². The minimum atomic E-state index is -3.04. The van der Waals surface area contributed by atoms with Gasteiger partial charge in [-0.3, -0.25) is 4.79 Å². The first-order chi connectivity index (χ1) is 9.44. The van der Waals surface area contributed by atoms with E-state index in [2.05, 4.69) is 10.6 Å². The molecule has 0 bridgehead atoms. The second kappa shape index (κ2) is 7.77. The average molecular weight is 333 g/mol. The predicted octanol–water partition coefficient (Wildman–Crippen LogP) is 1.13. The van der Waals surface area contributed by atoms with E-state index in [1.165, 1.54) is 6.26 Å². The van der Waals surface area contributed by atoms with E-state index < -0.39 is 9.84 Å². The molecule has 0 aliphatic carbocycles. The van der Waals surface area contributed by atoms with Crippen molar-refractivity contribution in [1.29, 1.82) is 0 Å². The Morgan fingerprint density at radius 1 is 1.33 bits per heavy atom. The fourth-order valence-corrected chi connectivity index (χ4v) is 3.10. The monoisotopic (exact) mass is 332 g/mol. The quantitative estimate of drug-likeness (QED) is 0.867. The van der Waals surface area contributed by atoms with Crippen molar-refractivity contribution in [2.75, 3.05) is 19.3 Å². The van der Waals surface area contributed by atoms with Gasteiger partial charge in [-0.25, -0.2) is 8.42 Å². The van der Waals surface area contributed by atoms with Gasteiger partial charge in [-0.05, 0) is 37.1 Å². The molecule has 118 valence electrons. The Hall–Kier alpha value is -1.11. The van der Waals surface area contributed by atoms with Crippen LogP contribution < -0.4 is 10.6 Å². The molecule has 1 saturated heterocycles. The summed E-state index contributed by atoms with van der Waals surface area (Å²) in [7, 11) is -3.04. The molecule has 1 aliphatic rings. The molecule has 1 amide bonds. The molecular weight excluding hydrogens is 312 g/mol. The number of carbonyl (C=O) groups is 1. The minimum absolute atomic E-state index is 0. The summed E-state index contributed by atoms with van der Waals surface area (Å²) >= 11 is 0. The second-order valence-corrected chi connectivity index (χ2v) is 7.42. The summed E-state index contributed by atoms with van der Waals surface area (Å²) in [6.45, 7) is 1.81. The van der Waals surface area contributed by atoms with Crippen LogP contribution in [-0.2, 0) is 15.6 Å². The maximum absolute atomic E-state index is 12.1. The Bertz CT molecular complexity index is 566. The van der Waals surface area contributed by atoms with Crippen LogP contribution in [0.1, 0.15) is 28.8 Å². The zero-order valence-corrected chi connectivity index (χ0v) is 13.6. The Morgan fingerprint density at radius 2 is 2.00 bits per heavy atom. The standard InChI is InChI=1S/C14H20N2O3S.ClH/c1-20(18,19)10-11-4-6-12(7-5-11)14(17)16-13-3-2-8-15-9-13;/h4-7,13,15H,2-3,8-10H2,1H3,(H,16,17);1H/t13-;/m0./s1. The number of amides is 1. The number of benzene rings is 1. The predicted molar refractivity (Wildman–Crippen MR) is 85.6 cm³/mol. The van der Waals surface area contributed by atoms with E-state index >= 15 is 0 Å². The lowest BCUT2D eigenvalue weighted by Crippen LogP contribution is -2.45. The minimum Gasteiger partial charge on any atom is -0.348 e. The summed E-state index contributed by atoms with van der Waals surface area (Å²) in [5.41, 5.74) is 1.26. The normalized spacial score (nSPS) is 18.6. The first-order valence-electron chi connectivity index (χ1n) is 6.72. The number of rotatable bonds is 4. The number of nitrogens with one attached hydrogen (secondary N) is 2. The van der Waals surface area contributed by atoms with Crippen molar-refractivity contribution in [2.45, 2.75) is 24.6 Å². The number of hydrogen-bond donors (Lipinski definition) is 2. The van der Waals surface area contributed by atoms with Gasteiger partial charge in [0.15, 0.2) is 9.84 Å². The van der Waals surface area contributed by atoms with E-state index in [4.69, 9.17) is 0 Å². The molecule has 2 rings (SSSR count). The van der Waals surface area contributed by atoms with E-state index in [-0.39, 0.29) is 30.1 Å². The highest BCUT2D eigenvalue weighted by atomic mass is 35.5. The molecule has 2 N–H and O–H groups in total. The summed E-state index contributed by atoms with van der Waals surface area (Å²) in [5.74, 6) is -0.105. The zero-order valence-electron chi connectivity index (χ0n) is 12.0. The van der Waals surface area contributed by atoms with Gasteiger partial charge in [-0.15, -0.1) is 12.4 Å². The summed E-state index contributed by atoms with van der Waals surface area (Å²) < 4.78 is 22.4. The second-order valence-electron chi connectivity index (χ2n) is 5.28. The summed E-state index contributed by atoms with van der Waals surface area (Å²) in [5, 5.41) is 6.23. The number of carbonyl (C=O) groups excluding carboxylic acids is 1. The van der Waals surface area contributed by atoms with Crippen molar-refractivity contribution in [1.82, 2.24) is 10.6 Å². The summed E-state index contributed by atoms with van der Waals surface area (Å²) in [6.07, 6.45) is 3.26. The molecule has 1 heterocycles. The Balaban J connectivity index is 0.00000220. The first-order valence-corrected chi connectivity index (χ1v) is 8.78. The number of hydrogen-bond acceptors (Lipinski definition) is 4. The van der Waals surface area contributed by atoms with Crippen LogP contribution in [0.2, 0.25) is 0 Å². The van der Waals surface area contributed by atoms with Gasteiger partial charge in [-0.1, -0.05) is 12.1 Å². The highest BCUT2D eigenvalue weighted by Crippen LogP contribution is 2.09. The van der Waals surface area contributed by atoms with Crippen LogP contribution in [0.3, 0.4) is 0 Å². The summed E-state index contributed by atoms with van der Waals surface area (Å²) in [6, 6.07) is 6.90. The molecule has 21 heavy (non-hydrogen) atoms. The molecule has 0 saturated carbocycles. The van der Waals surface area contributed by atoms with Crippen molar-refractivity contribution >= 4 is 28.2 Å². The van der Waals surface area contributed by atoms with Crippen molar-refractivity contribution in [3.05, 3.63) is 35.4 Å². The third kappa shape index (κ3) is 6.03. The first kappa shape index (κ1) is 17.9. The maximum atomic E-state index is 12.1. The van der Waals surface area contributed by atoms with Gasteiger partial charge in [0.25, 0.3) is 5.91 Å².